The van der Waals surface area contributed by atoms with Gasteiger partial charge in [0.1, 0.15) is 11.5 Å². The Kier molecular flexibility index (Phi) is 3.55. The second-order valence-corrected chi connectivity index (χ2v) is 3.04. The molecule has 0 bridgehead atoms. The third-order valence-corrected chi connectivity index (χ3v) is 1.85. The zero-order valence-corrected chi connectivity index (χ0v) is 8.47. The van der Waals surface area contributed by atoms with Crippen molar-refractivity contribution >= 4 is 11.6 Å². The van der Waals surface area contributed by atoms with E-state index in [1.165, 1.54) is 25.1 Å². The first kappa shape index (κ1) is 11.4. The van der Waals surface area contributed by atoms with Gasteiger partial charge in [-0.2, -0.15) is 0 Å². The van der Waals surface area contributed by atoms with E-state index in [-0.39, 0.29) is 5.56 Å². The van der Waals surface area contributed by atoms with E-state index in [4.69, 9.17) is 0 Å². The fourth-order valence-corrected chi connectivity index (χ4v) is 1.09. The molecule has 0 unspecified atom stereocenters. The van der Waals surface area contributed by atoms with E-state index < -0.39 is 23.2 Å². The Morgan fingerprint density at radius 3 is 2.67 bits per heavy atom. The molecule has 0 spiro atoms. The predicted octanol–water partition coefficient (Wildman–Crippen LogP) is 2.79. The number of carbonyl (C=O) groups excluding carboxylic acids is 1. The van der Waals surface area contributed by atoms with Crippen LogP contribution in [-0.4, -0.2) is 5.91 Å². The van der Waals surface area contributed by atoms with Crippen molar-refractivity contribution in [2.24, 2.45) is 0 Å². The van der Waals surface area contributed by atoms with E-state index in [2.05, 4.69) is 5.32 Å². The summed E-state index contributed by atoms with van der Waals surface area (Å²) in [4.78, 5) is 11.1. The average Bonchev–Trinajstić information content (AvgIpc) is 2.19. The molecular formula is C11H11F2NO. The standard InChI is InChI=1S/C11H11F2NO/c1-3-4-9(15)14-11-8(12)6-5-7(2)10(11)13/h3-6H,1-2H3,(H,14,15)/b4-3+. The minimum atomic E-state index is -0.782. The first-order chi connectivity index (χ1) is 7.06. The van der Waals surface area contributed by atoms with Crippen molar-refractivity contribution in [3.8, 4) is 0 Å². The highest BCUT2D eigenvalue weighted by atomic mass is 19.1. The van der Waals surface area contributed by atoms with Gasteiger partial charge in [-0.15, -0.1) is 0 Å². The zero-order chi connectivity index (χ0) is 11.4. The third kappa shape index (κ3) is 2.62. The molecule has 0 heterocycles. The summed E-state index contributed by atoms with van der Waals surface area (Å²) in [5, 5.41) is 2.14. The lowest BCUT2D eigenvalue weighted by molar-refractivity contribution is -0.112. The Morgan fingerprint density at radius 1 is 1.40 bits per heavy atom. The molecule has 4 heteroatoms. The predicted molar refractivity (Wildman–Crippen MR) is 54.5 cm³/mol. The summed E-state index contributed by atoms with van der Waals surface area (Å²) in [7, 11) is 0. The maximum Gasteiger partial charge on any atom is 0.248 e. The minimum absolute atomic E-state index is 0.284. The fraction of sp³-hybridized carbons (Fsp3) is 0.182. The van der Waals surface area contributed by atoms with Gasteiger partial charge >= 0.3 is 0 Å². The summed E-state index contributed by atoms with van der Waals surface area (Å²) >= 11 is 0. The summed E-state index contributed by atoms with van der Waals surface area (Å²) in [6, 6.07) is 2.43. The summed E-state index contributed by atoms with van der Waals surface area (Å²) in [6.07, 6.45) is 2.68. The SMILES string of the molecule is C/C=C/C(=O)Nc1c(F)ccc(C)c1F. The fourth-order valence-electron chi connectivity index (χ4n) is 1.09. The van der Waals surface area contributed by atoms with E-state index in [1.54, 1.807) is 6.92 Å². The molecule has 80 valence electrons. The monoisotopic (exact) mass is 211 g/mol. The van der Waals surface area contributed by atoms with E-state index in [0.717, 1.165) is 6.07 Å². The van der Waals surface area contributed by atoms with Crippen molar-refractivity contribution in [3.05, 3.63) is 41.5 Å². The molecule has 0 saturated carbocycles. The van der Waals surface area contributed by atoms with Crippen LogP contribution in [0.2, 0.25) is 0 Å². The van der Waals surface area contributed by atoms with Gasteiger partial charge in [0.15, 0.2) is 5.82 Å². The van der Waals surface area contributed by atoms with Crippen LogP contribution in [-0.2, 0) is 4.79 Å². The number of aryl methyl sites for hydroxylation is 1. The first-order valence-electron chi connectivity index (χ1n) is 4.44. The molecule has 1 aromatic carbocycles. The molecule has 1 aromatic rings. The highest BCUT2D eigenvalue weighted by Crippen LogP contribution is 2.21. The first-order valence-corrected chi connectivity index (χ1v) is 4.44. The Bertz CT molecular complexity index is 413. The molecule has 0 aromatic heterocycles. The molecule has 0 saturated heterocycles. The van der Waals surface area contributed by atoms with E-state index in [9.17, 15) is 13.6 Å². The molecule has 0 aliphatic rings. The van der Waals surface area contributed by atoms with E-state index >= 15 is 0 Å². The lowest BCUT2D eigenvalue weighted by Crippen LogP contribution is -2.11. The molecule has 0 aliphatic heterocycles. The molecule has 0 radical (unpaired) electrons. The minimum Gasteiger partial charge on any atom is -0.318 e. The summed E-state index contributed by atoms with van der Waals surface area (Å²) < 4.78 is 26.5. The highest BCUT2D eigenvalue weighted by molar-refractivity contribution is 5.99. The van der Waals surface area contributed by atoms with Crippen molar-refractivity contribution in [1.82, 2.24) is 0 Å². The van der Waals surface area contributed by atoms with Crippen LogP contribution in [0.1, 0.15) is 12.5 Å². The van der Waals surface area contributed by atoms with Crippen LogP contribution in [0.4, 0.5) is 14.5 Å². The van der Waals surface area contributed by atoms with Gasteiger partial charge in [0, 0.05) is 0 Å². The zero-order valence-electron chi connectivity index (χ0n) is 8.47. The number of anilines is 1. The maximum absolute atomic E-state index is 13.4. The van der Waals surface area contributed by atoms with Gasteiger partial charge in [-0.25, -0.2) is 8.78 Å². The van der Waals surface area contributed by atoms with Crippen LogP contribution in [0.5, 0.6) is 0 Å². The van der Waals surface area contributed by atoms with Crippen molar-refractivity contribution < 1.29 is 13.6 Å². The van der Waals surface area contributed by atoms with Crippen LogP contribution in [0.25, 0.3) is 0 Å². The van der Waals surface area contributed by atoms with Crippen molar-refractivity contribution in [1.29, 1.82) is 0 Å². The number of hydrogen-bond acceptors (Lipinski definition) is 1. The molecule has 1 N–H and O–H groups in total. The Morgan fingerprint density at radius 2 is 2.07 bits per heavy atom. The number of hydrogen-bond donors (Lipinski definition) is 1. The van der Waals surface area contributed by atoms with Crippen molar-refractivity contribution in [2.45, 2.75) is 13.8 Å². The van der Waals surface area contributed by atoms with Gasteiger partial charge in [0.25, 0.3) is 0 Å². The van der Waals surface area contributed by atoms with Crippen LogP contribution < -0.4 is 5.32 Å². The smallest absolute Gasteiger partial charge is 0.248 e. The van der Waals surface area contributed by atoms with Crippen LogP contribution in [0.3, 0.4) is 0 Å². The molecule has 2 nitrogen and oxygen atoms in total. The van der Waals surface area contributed by atoms with Gasteiger partial charge in [-0.3, -0.25) is 4.79 Å². The molecule has 15 heavy (non-hydrogen) atoms. The number of rotatable bonds is 2. The Balaban J connectivity index is 3.03. The lowest BCUT2D eigenvalue weighted by Gasteiger charge is -2.07. The molecule has 1 rings (SSSR count). The number of carbonyl (C=O) groups is 1. The average molecular weight is 211 g/mol. The van der Waals surface area contributed by atoms with Crippen LogP contribution in [0.15, 0.2) is 24.3 Å². The number of amides is 1. The molecular weight excluding hydrogens is 200 g/mol. The van der Waals surface area contributed by atoms with Gasteiger partial charge in [-0.1, -0.05) is 12.1 Å². The van der Waals surface area contributed by atoms with E-state index in [1.807, 2.05) is 0 Å². The van der Waals surface area contributed by atoms with Crippen LogP contribution >= 0.6 is 0 Å². The van der Waals surface area contributed by atoms with Crippen molar-refractivity contribution in [3.63, 3.8) is 0 Å². The number of allylic oxidation sites excluding steroid dienone is 1. The quantitative estimate of drug-likeness (QED) is 0.749. The summed E-state index contributed by atoms with van der Waals surface area (Å²) in [5.74, 6) is -2.08. The molecule has 1 amide bonds. The van der Waals surface area contributed by atoms with Crippen molar-refractivity contribution in [2.75, 3.05) is 5.32 Å². The largest absolute Gasteiger partial charge is 0.318 e. The topological polar surface area (TPSA) is 29.1 Å². The molecule has 0 fully saturated rings. The summed E-state index contributed by atoms with van der Waals surface area (Å²) in [5.41, 5.74) is -0.120. The lowest BCUT2D eigenvalue weighted by atomic mass is 10.2. The van der Waals surface area contributed by atoms with Gasteiger partial charge in [0.2, 0.25) is 5.91 Å². The second kappa shape index (κ2) is 4.68. The van der Waals surface area contributed by atoms with Crippen LogP contribution in [0, 0.1) is 18.6 Å². The second-order valence-electron chi connectivity index (χ2n) is 3.04. The number of nitrogens with one attached hydrogen (secondary N) is 1. The van der Waals surface area contributed by atoms with Gasteiger partial charge in [-0.05, 0) is 31.6 Å². The normalized spacial score (nSPS) is 10.7. The molecule has 0 aliphatic carbocycles. The number of benzene rings is 1. The highest BCUT2D eigenvalue weighted by Gasteiger charge is 2.12. The summed E-state index contributed by atoms with van der Waals surface area (Å²) in [6.45, 7) is 3.14. The Hall–Kier alpha value is -1.71. The van der Waals surface area contributed by atoms with E-state index in [0.29, 0.717) is 0 Å². The third-order valence-electron chi connectivity index (χ3n) is 1.85. The van der Waals surface area contributed by atoms with Gasteiger partial charge < -0.3 is 5.32 Å². The number of halogens is 2. The molecule has 0 atom stereocenters. The maximum atomic E-state index is 13.4. The Labute approximate surface area is 86.6 Å². The van der Waals surface area contributed by atoms with Gasteiger partial charge in [0.05, 0.1) is 0 Å².